The summed E-state index contributed by atoms with van der Waals surface area (Å²) in [7, 11) is -1.06. The maximum atomic E-state index is 12.0. The third kappa shape index (κ3) is 9.05. The van der Waals surface area contributed by atoms with Crippen molar-refractivity contribution in [2.24, 2.45) is 0 Å². The van der Waals surface area contributed by atoms with Crippen molar-refractivity contribution in [3.05, 3.63) is 22.0 Å². The number of fused-ring (bicyclic) bond motifs is 2. The van der Waals surface area contributed by atoms with E-state index >= 15 is 0 Å². The summed E-state index contributed by atoms with van der Waals surface area (Å²) < 4.78 is 12.0. The van der Waals surface area contributed by atoms with Gasteiger partial charge in [-0.2, -0.15) is 9.97 Å². The molecule has 0 radical (unpaired) electrons. The molecule has 2 aromatic heterocycles. The Kier molecular flexibility index (Phi) is 14.6. The predicted octanol–water partition coefficient (Wildman–Crippen LogP) is 6.52. The number of aryl methyl sites for hydroxylation is 2. The molecule has 4 N–H and O–H groups in total. The standard InChI is InChI=1S/C11H14ClN3O2S.C11H14ClN3OS.CH4.3HI.V/c12-10-13-7-2-5-18(17)8(7)9(14-10)15-11(6-16)3-1-4-11;12-10-13-7-2-5-17-8(7)9(14-10)15-11(6-16)3-1-4-11;;;;;/h16H,1-6H2,(H,13,14,15);16H,1-6H2,(H,13,14,15);1H4;3*1H;/q;;;;;;+3/p-3. The Morgan fingerprint density at radius 1 is 0.875 bits per heavy atom. The normalized spacial score (nSPS) is 20.8. The molecule has 17 heteroatoms. The number of hydrogen-bond acceptors (Lipinski definition) is 10. The van der Waals surface area contributed by atoms with Crippen LogP contribution in [0.2, 0.25) is 10.6 Å². The van der Waals surface area contributed by atoms with Crippen LogP contribution in [0.1, 0.15) is 57.3 Å². The van der Waals surface area contributed by atoms with Gasteiger partial charge < -0.3 is 20.8 Å². The average Bonchev–Trinajstić information content (AvgIpc) is 3.45. The Balaban J connectivity index is 0.000000191. The first-order valence-electron chi connectivity index (χ1n) is 12.3. The topological polar surface area (TPSA) is 133 Å². The van der Waals surface area contributed by atoms with E-state index in [4.69, 9.17) is 23.2 Å². The summed E-state index contributed by atoms with van der Waals surface area (Å²) in [6, 6.07) is 0. The molecule has 0 spiro atoms. The van der Waals surface area contributed by atoms with E-state index in [0.717, 1.165) is 72.8 Å². The van der Waals surface area contributed by atoms with Crippen LogP contribution in [0.15, 0.2) is 9.79 Å². The van der Waals surface area contributed by atoms with E-state index in [2.05, 4.69) is 90.5 Å². The number of thioether (sulfide) groups is 1. The fourth-order valence-corrected chi connectivity index (χ4v) is 7.45. The number of hydrogen-bond donors (Lipinski definition) is 4. The molecule has 4 aliphatic rings. The van der Waals surface area contributed by atoms with Crippen LogP contribution in [-0.4, -0.2) is 70.2 Å². The van der Waals surface area contributed by atoms with Crippen LogP contribution >= 0.6 is 94.9 Å². The van der Waals surface area contributed by atoms with Gasteiger partial charge in [0.15, 0.2) is 0 Å². The zero-order valence-electron chi connectivity index (χ0n) is 20.7. The Bertz CT molecular complexity index is 1200. The number of rotatable bonds is 6. The summed E-state index contributed by atoms with van der Waals surface area (Å²) in [6.45, 7) is 0.199. The molecule has 2 fully saturated rings. The Morgan fingerprint density at radius 2 is 1.38 bits per heavy atom. The fraction of sp³-hybridized carbons (Fsp3) is 0.652. The molecule has 40 heavy (non-hydrogen) atoms. The molecular formula is C23H32Cl2I3N6O3S2V. The van der Waals surface area contributed by atoms with Crippen LogP contribution < -0.4 is 10.6 Å². The van der Waals surface area contributed by atoms with Crippen LogP contribution in [0.25, 0.3) is 0 Å². The zero-order valence-corrected chi connectivity index (χ0v) is 31.7. The number of aromatic nitrogens is 4. The van der Waals surface area contributed by atoms with Gasteiger partial charge in [-0.25, -0.2) is 9.97 Å². The van der Waals surface area contributed by atoms with Crippen molar-refractivity contribution < 1.29 is 19.3 Å². The molecule has 2 saturated carbocycles. The maximum absolute atomic E-state index is 12.0. The minimum absolute atomic E-state index is 0. The van der Waals surface area contributed by atoms with E-state index in [9.17, 15) is 14.4 Å². The van der Waals surface area contributed by atoms with Gasteiger partial charge in [0, 0.05) is 24.3 Å². The van der Waals surface area contributed by atoms with Crippen molar-refractivity contribution in [1.82, 2.24) is 19.9 Å². The molecule has 4 heterocycles. The summed E-state index contributed by atoms with van der Waals surface area (Å²) in [5, 5.41) is 26.0. The van der Waals surface area contributed by atoms with E-state index in [0.29, 0.717) is 28.2 Å². The molecule has 1 unspecified atom stereocenters. The summed E-state index contributed by atoms with van der Waals surface area (Å²) >= 11 is 21.0. The van der Waals surface area contributed by atoms with Gasteiger partial charge in [0.05, 0.1) is 51.4 Å². The average molecular weight is 1010 g/mol. The molecule has 224 valence electrons. The molecular weight excluding hydrogens is 975 g/mol. The monoisotopic (exact) mass is 1010 g/mol. The number of halogens is 5. The first kappa shape index (κ1) is 36.0. The second kappa shape index (κ2) is 16.2. The second-order valence-corrected chi connectivity index (χ2v) is 48.3. The molecule has 9 nitrogen and oxygen atoms in total. The Hall–Kier alpha value is 1.53. The molecule has 6 rings (SSSR count). The summed E-state index contributed by atoms with van der Waals surface area (Å²) in [5.74, 6) is 2.95. The summed E-state index contributed by atoms with van der Waals surface area (Å²) in [5.41, 5.74) is 1.29. The van der Waals surface area contributed by atoms with E-state index in [1.165, 1.54) is 0 Å². The SMILES string of the molecule is C.O=S1CCc2nc(Cl)nc(NC3(CO)CCC3)c21.OCC1(Nc2nc(Cl)nc3c2SCC3)CCC1.[I][V]([I])[I]. The second-order valence-electron chi connectivity index (χ2n) is 9.66. The summed E-state index contributed by atoms with van der Waals surface area (Å²) in [6.07, 6.45) is 7.63. The van der Waals surface area contributed by atoms with Crippen LogP contribution in [0.3, 0.4) is 0 Å². The number of aliphatic hydroxyl groups is 2. The number of aliphatic hydroxyl groups excluding tert-OH is 2. The van der Waals surface area contributed by atoms with Crippen molar-refractivity contribution in [1.29, 1.82) is 0 Å². The van der Waals surface area contributed by atoms with Gasteiger partial charge in [0.25, 0.3) is 0 Å². The van der Waals surface area contributed by atoms with Crippen LogP contribution in [-0.2, 0) is 28.6 Å². The number of nitrogens with one attached hydrogen (secondary N) is 2. The number of anilines is 2. The molecule has 0 saturated heterocycles. The van der Waals surface area contributed by atoms with E-state index in [-0.39, 0.29) is 41.9 Å². The van der Waals surface area contributed by atoms with E-state index in [1.807, 2.05) is 0 Å². The first-order valence-corrected chi connectivity index (χ1v) is 28.9. The molecule has 2 aliphatic carbocycles. The number of nitrogens with zero attached hydrogens (tertiary/aromatic N) is 4. The zero-order chi connectivity index (χ0) is 28.2. The van der Waals surface area contributed by atoms with Crippen LogP contribution in [0.4, 0.5) is 11.6 Å². The van der Waals surface area contributed by atoms with Crippen LogP contribution in [0, 0.1) is 0 Å². The van der Waals surface area contributed by atoms with Crippen molar-refractivity contribution in [3.8, 4) is 0 Å². The Morgan fingerprint density at radius 3 is 1.88 bits per heavy atom. The fourth-order valence-electron chi connectivity index (χ4n) is 4.73. The van der Waals surface area contributed by atoms with Gasteiger partial charge in [-0.1, -0.05) is 7.43 Å². The van der Waals surface area contributed by atoms with Crippen molar-refractivity contribution in [2.75, 3.05) is 35.4 Å². The molecule has 2 aromatic rings. The predicted molar refractivity (Wildman–Crippen MR) is 187 cm³/mol. The first-order chi connectivity index (χ1) is 18.6. The summed E-state index contributed by atoms with van der Waals surface area (Å²) in [4.78, 5) is 18.3. The van der Waals surface area contributed by atoms with Gasteiger partial charge in [-0.05, 0) is 61.7 Å². The molecule has 0 aromatic carbocycles. The quantitative estimate of drug-likeness (QED) is 0.188. The third-order valence-corrected chi connectivity index (χ3v) is 10.1. The Labute approximate surface area is 289 Å². The van der Waals surface area contributed by atoms with Crippen molar-refractivity contribution >= 4 is 117 Å². The van der Waals surface area contributed by atoms with Crippen molar-refractivity contribution in [3.63, 3.8) is 0 Å². The van der Waals surface area contributed by atoms with Gasteiger partial charge in [-0.15, -0.1) is 11.8 Å². The molecule has 1 atom stereocenters. The van der Waals surface area contributed by atoms with E-state index in [1.54, 1.807) is 11.8 Å². The molecule has 2 aliphatic heterocycles. The van der Waals surface area contributed by atoms with Gasteiger partial charge >= 0.3 is 64.9 Å². The van der Waals surface area contributed by atoms with E-state index < -0.39 is 10.8 Å². The van der Waals surface area contributed by atoms with Crippen LogP contribution in [0.5, 0.6) is 0 Å². The van der Waals surface area contributed by atoms with Gasteiger partial charge in [0.1, 0.15) is 16.5 Å². The van der Waals surface area contributed by atoms with Crippen molar-refractivity contribution in [2.45, 2.75) is 79.7 Å². The van der Waals surface area contributed by atoms with Gasteiger partial charge in [-0.3, -0.25) is 4.21 Å². The van der Waals surface area contributed by atoms with Gasteiger partial charge in [0.2, 0.25) is 10.6 Å². The molecule has 0 amide bonds. The minimum atomic E-state index is -1.06. The third-order valence-electron chi connectivity index (χ3n) is 7.15. The molecule has 0 bridgehead atoms.